The van der Waals surface area contributed by atoms with E-state index >= 15 is 0 Å². The largest absolute Gasteiger partial charge is 0.241 e. The van der Waals surface area contributed by atoms with Crippen LogP contribution < -0.4 is 4.72 Å². The smallest absolute Gasteiger partial charge is 0.207 e. The Labute approximate surface area is 102 Å². The molecule has 6 heteroatoms. The van der Waals surface area contributed by atoms with E-state index in [1.54, 1.807) is 18.2 Å². The Bertz CT molecular complexity index is 479. The molecule has 4 nitrogen and oxygen atoms in total. The lowest BCUT2D eigenvalue weighted by molar-refractivity contribution is 0.586. The SMILES string of the molecule is N#CCNS(=O)(=O)c1cccc(CI)c1. The van der Waals surface area contributed by atoms with Gasteiger partial charge in [0.15, 0.2) is 0 Å². The molecule has 0 aliphatic rings. The Hall–Kier alpha value is -0.650. The standard InChI is InChI=1S/C9H9IN2O2S/c10-7-8-2-1-3-9(6-8)15(13,14)12-5-4-11/h1-3,6,12H,5,7H2. The molecule has 1 rings (SSSR count). The first-order chi connectivity index (χ1) is 7.10. The van der Waals surface area contributed by atoms with Crippen molar-refractivity contribution in [3.8, 4) is 6.07 Å². The summed E-state index contributed by atoms with van der Waals surface area (Å²) in [7, 11) is -3.53. The molecule has 0 unspecified atom stereocenters. The molecule has 1 N–H and O–H groups in total. The van der Waals surface area contributed by atoms with Crippen LogP contribution in [0.3, 0.4) is 0 Å². The van der Waals surface area contributed by atoms with Gasteiger partial charge < -0.3 is 0 Å². The van der Waals surface area contributed by atoms with E-state index in [2.05, 4.69) is 27.3 Å². The van der Waals surface area contributed by atoms with Gasteiger partial charge in [0.1, 0.15) is 0 Å². The van der Waals surface area contributed by atoms with E-state index in [-0.39, 0.29) is 11.4 Å². The van der Waals surface area contributed by atoms with Gasteiger partial charge in [0.2, 0.25) is 10.0 Å². The molecule has 0 heterocycles. The van der Waals surface area contributed by atoms with Crippen LogP contribution in [0, 0.1) is 11.3 Å². The number of nitriles is 1. The topological polar surface area (TPSA) is 70.0 Å². The van der Waals surface area contributed by atoms with Crippen molar-refractivity contribution in [1.82, 2.24) is 4.72 Å². The molecule has 0 saturated carbocycles. The van der Waals surface area contributed by atoms with E-state index in [0.29, 0.717) is 0 Å². The van der Waals surface area contributed by atoms with Crippen LogP contribution in [0.2, 0.25) is 0 Å². The molecule has 0 aliphatic heterocycles. The lowest BCUT2D eigenvalue weighted by Crippen LogP contribution is -2.23. The van der Waals surface area contributed by atoms with Gasteiger partial charge >= 0.3 is 0 Å². The molecule has 0 radical (unpaired) electrons. The van der Waals surface area contributed by atoms with Gasteiger partial charge in [0.05, 0.1) is 17.5 Å². The summed E-state index contributed by atoms with van der Waals surface area (Å²) in [5, 5.41) is 8.30. The predicted molar refractivity (Wildman–Crippen MR) is 65.0 cm³/mol. The molecule has 0 amide bonds. The molecule has 0 aromatic heterocycles. The number of rotatable bonds is 4. The van der Waals surface area contributed by atoms with Crippen molar-refractivity contribution in [1.29, 1.82) is 5.26 Å². The fourth-order valence-corrected chi connectivity index (χ4v) is 2.47. The number of sulfonamides is 1. The van der Waals surface area contributed by atoms with E-state index < -0.39 is 10.0 Å². The molecule has 0 fully saturated rings. The van der Waals surface area contributed by atoms with Gasteiger partial charge in [-0.15, -0.1) is 0 Å². The zero-order chi connectivity index (χ0) is 11.3. The second kappa shape index (κ2) is 5.44. The van der Waals surface area contributed by atoms with E-state index in [0.717, 1.165) is 9.99 Å². The highest BCUT2D eigenvalue weighted by Gasteiger charge is 2.12. The molecule has 0 bridgehead atoms. The van der Waals surface area contributed by atoms with E-state index in [1.165, 1.54) is 6.07 Å². The minimum absolute atomic E-state index is 0.201. The highest BCUT2D eigenvalue weighted by Crippen LogP contribution is 2.13. The van der Waals surface area contributed by atoms with Crippen LogP contribution in [0.25, 0.3) is 0 Å². The average Bonchev–Trinajstić information content (AvgIpc) is 2.26. The Morgan fingerprint density at radius 2 is 2.20 bits per heavy atom. The number of halogens is 1. The Balaban J connectivity index is 3.00. The van der Waals surface area contributed by atoms with Crippen molar-refractivity contribution in [3.63, 3.8) is 0 Å². The third-order valence-corrected chi connectivity index (χ3v) is 3.98. The van der Waals surface area contributed by atoms with Crippen molar-refractivity contribution in [2.75, 3.05) is 6.54 Å². The number of nitrogens with zero attached hydrogens (tertiary/aromatic N) is 1. The van der Waals surface area contributed by atoms with Crippen LogP contribution in [0.15, 0.2) is 29.2 Å². The maximum atomic E-state index is 11.6. The summed E-state index contributed by atoms with van der Waals surface area (Å²) in [6.45, 7) is -0.212. The summed E-state index contributed by atoms with van der Waals surface area (Å²) in [6.07, 6.45) is 0. The van der Waals surface area contributed by atoms with Crippen molar-refractivity contribution < 1.29 is 8.42 Å². The molecule has 0 saturated heterocycles. The monoisotopic (exact) mass is 336 g/mol. The lowest BCUT2D eigenvalue weighted by atomic mass is 10.2. The molecular formula is C9H9IN2O2S. The van der Waals surface area contributed by atoms with Crippen molar-refractivity contribution in [3.05, 3.63) is 29.8 Å². The quantitative estimate of drug-likeness (QED) is 0.514. The Morgan fingerprint density at radius 3 is 2.80 bits per heavy atom. The van der Waals surface area contributed by atoms with E-state index in [4.69, 9.17) is 5.26 Å². The summed E-state index contributed by atoms with van der Waals surface area (Å²) in [5.41, 5.74) is 0.940. The van der Waals surface area contributed by atoms with Gasteiger partial charge in [0, 0.05) is 4.43 Å². The van der Waals surface area contributed by atoms with Gasteiger partial charge in [-0.25, -0.2) is 8.42 Å². The highest BCUT2D eigenvalue weighted by atomic mass is 127. The van der Waals surface area contributed by atoms with Crippen LogP contribution in [0.5, 0.6) is 0 Å². The maximum absolute atomic E-state index is 11.6. The van der Waals surface area contributed by atoms with Crippen LogP contribution in [-0.2, 0) is 14.5 Å². The molecule has 1 aromatic rings. The zero-order valence-electron chi connectivity index (χ0n) is 7.77. The highest BCUT2D eigenvalue weighted by molar-refractivity contribution is 14.1. The molecule has 0 spiro atoms. The fourth-order valence-electron chi connectivity index (χ4n) is 1.01. The number of alkyl halides is 1. The second-order valence-electron chi connectivity index (χ2n) is 2.76. The summed E-state index contributed by atoms with van der Waals surface area (Å²) >= 11 is 2.16. The Kier molecular flexibility index (Phi) is 4.50. The minimum atomic E-state index is -3.53. The first kappa shape index (κ1) is 12.4. The van der Waals surface area contributed by atoms with E-state index in [9.17, 15) is 8.42 Å². The molecule has 80 valence electrons. The molecule has 0 atom stereocenters. The van der Waals surface area contributed by atoms with Crippen molar-refractivity contribution in [2.24, 2.45) is 0 Å². The first-order valence-corrected chi connectivity index (χ1v) is 7.12. The van der Waals surface area contributed by atoms with Crippen LogP contribution >= 0.6 is 22.6 Å². The number of hydrogen-bond donors (Lipinski definition) is 1. The predicted octanol–water partition coefficient (Wildman–Crippen LogP) is 1.42. The third kappa shape index (κ3) is 3.44. The fraction of sp³-hybridized carbons (Fsp3) is 0.222. The summed E-state index contributed by atoms with van der Waals surface area (Å²) < 4.78 is 26.1. The van der Waals surface area contributed by atoms with E-state index in [1.807, 2.05) is 6.07 Å². The number of benzene rings is 1. The minimum Gasteiger partial charge on any atom is -0.207 e. The molecule has 0 aliphatic carbocycles. The second-order valence-corrected chi connectivity index (χ2v) is 5.29. The van der Waals surface area contributed by atoms with Crippen LogP contribution in [-0.4, -0.2) is 15.0 Å². The van der Waals surface area contributed by atoms with Gasteiger partial charge in [-0.05, 0) is 17.7 Å². The zero-order valence-corrected chi connectivity index (χ0v) is 10.7. The van der Waals surface area contributed by atoms with Gasteiger partial charge in [-0.1, -0.05) is 34.7 Å². The summed E-state index contributed by atoms with van der Waals surface area (Å²) in [6, 6.07) is 8.39. The summed E-state index contributed by atoms with van der Waals surface area (Å²) in [5.74, 6) is 0. The van der Waals surface area contributed by atoms with Crippen molar-refractivity contribution in [2.45, 2.75) is 9.32 Å². The summed E-state index contributed by atoms with van der Waals surface area (Å²) in [4.78, 5) is 0.201. The molecular weight excluding hydrogens is 327 g/mol. The normalized spacial score (nSPS) is 10.9. The number of hydrogen-bond acceptors (Lipinski definition) is 3. The molecule has 15 heavy (non-hydrogen) atoms. The van der Waals surface area contributed by atoms with Gasteiger partial charge in [-0.3, -0.25) is 0 Å². The maximum Gasteiger partial charge on any atom is 0.241 e. The third-order valence-electron chi connectivity index (χ3n) is 1.70. The average molecular weight is 336 g/mol. The van der Waals surface area contributed by atoms with Gasteiger partial charge in [0.25, 0.3) is 0 Å². The lowest BCUT2D eigenvalue weighted by Gasteiger charge is -2.04. The first-order valence-electron chi connectivity index (χ1n) is 4.11. The van der Waals surface area contributed by atoms with Gasteiger partial charge in [-0.2, -0.15) is 9.98 Å². The molecule has 1 aromatic carbocycles. The van der Waals surface area contributed by atoms with Crippen molar-refractivity contribution >= 4 is 32.6 Å². The number of nitrogens with one attached hydrogen (secondary N) is 1. The van der Waals surface area contributed by atoms with Crippen LogP contribution in [0.4, 0.5) is 0 Å². The Morgan fingerprint density at radius 1 is 1.47 bits per heavy atom. The van der Waals surface area contributed by atoms with Crippen LogP contribution in [0.1, 0.15) is 5.56 Å².